The van der Waals surface area contributed by atoms with Crippen LogP contribution >= 0.6 is 0 Å². The molecular weight excluding hydrogens is 384 g/mol. The fraction of sp³-hybridized carbons (Fsp3) is 0.435. The van der Waals surface area contributed by atoms with Crippen LogP contribution < -0.4 is 5.32 Å². The molecule has 0 bridgehead atoms. The average Bonchev–Trinajstić information content (AvgIpc) is 2.70. The molecule has 29 heavy (non-hydrogen) atoms. The molecule has 5 nitrogen and oxygen atoms in total. The first kappa shape index (κ1) is 21.5. The van der Waals surface area contributed by atoms with Gasteiger partial charge in [-0.1, -0.05) is 41.5 Å². The number of aryl methyl sites for hydroxylation is 3. The zero-order valence-electron chi connectivity index (χ0n) is 17.6. The van der Waals surface area contributed by atoms with E-state index in [9.17, 15) is 13.2 Å². The zero-order valence-corrected chi connectivity index (χ0v) is 18.4. The van der Waals surface area contributed by atoms with E-state index in [0.29, 0.717) is 19.4 Å². The van der Waals surface area contributed by atoms with Crippen LogP contribution in [0.4, 0.5) is 0 Å². The highest BCUT2D eigenvalue weighted by molar-refractivity contribution is 7.89. The molecule has 0 spiro atoms. The van der Waals surface area contributed by atoms with Crippen molar-refractivity contribution < 1.29 is 13.2 Å². The molecule has 1 amide bonds. The molecule has 0 radical (unpaired) electrons. The van der Waals surface area contributed by atoms with Gasteiger partial charge in [-0.25, -0.2) is 8.42 Å². The molecule has 1 saturated heterocycles. The smallest absolute Gasteiger partial charge is 0.243 e. The minimum absolute atomic E-state index is 0.0813. The molecule has 0 aliphatic carbocycles. The molecule has 2 aromatic rings. The Balaban J connectivity index is 1.70. The molecule has 0 unspecified atom stereocenters. The Hall–Kier alpha value is -2.18. The van der Waals surface area contributed by atoms with Crippen molar-refractivity contribution in [3.63, 3.8) is 0 Å². The monoisotopic (exact) mass is 414 g/mol. The lowest BCUT2D eigenvalue weighted by molar-refractivity contribution is -0.126. The summed E-state index contributed by atoms with van der Waals surface area (Å²) in [5.74, 6) is -0.418. The molecule has 0 saturated carbocycles. The van der Waals surface area contributed by atoms with Crippen molar-refractivity contribution in [1.29, 1.82) is 0 Å². The summed E-state index contributed by atoms with van der Waals surface area (Å²) < 4.78 is 27.4. The molecule has 1 aliphatic rings. The van der Waals surface area contributed by atoms with E-state index in [2.05, 4.69) is 23.5 Å². The maximum Gasteiger partial charge on any atom is 0.243 e. The molecular formula is C23H30N2O3S. The number of carbonyl (C=O) groups excluding carboxylic acids is 1. The van der Waals surface area contributed by atoms with E-state index in [0.717, 1.165) is 22.3 Å². The zero-order chi connectivity index (χ0) is 21.2. The second kappa shape index (κ2) is 8.67. The van der Waals surface area contributed by atoms with Crippen LogP contribution in [0.15, 0.2) is 47.4 Å². The lowest BCUT2D eigenvalue weighted by atomic mass is 9.96. The van der Waals surface area contributed by atoms with E-state index in [1.54, 1.807) is 24.3 Å². The molecule has 6 heteroatoms. The Labute approximate surface area is 174 Å². The van der Waals surface area contributed by atoms with Gasteiger partial charge in [0.1, 0.15) is 0 Å². The summed E-state index contributed by atoms with van der Waals surface area (Å²) in [7, 11) is -3.58. The van der Waals surface area contributed by atoms with Gasteiger partial charge in [-0.05, 0) is 63.8 Å². The van der Waals surface area contributed by atoms with Gasteiger partial charge >= 0.3 is 0 Å². The molecule has 0 aromatic heterocycles. The molecule has 1 fully saturated rings. The first-order valence-electron chi connectivity index (χ1n) is 10.1. The summed E-state index contributed by atoms with van der Waals surface area (Å²) in [5, 5.41) is 3.09. The molecule has 2 atom stereocenters. The number of rotatable bonds is 5. The standard InChI is InChI=1S/C23H30N2O3S/c1-16-8-11-21(12-9-16)29(27,28)25-13-5-6-20(15-25)23(26)24-19(4)22-14-17(2)7-10-18(22)3/h7-12,14,19-20H,5-6,13,15H2,1-4H3,(H,24,26)/t19-,20-/m0/s1. The highest BCUT2D eigenvalue weighted by atomic mass is 32.2. The van der Waals surface area contributed by atoms with Gasteiger partial charge in [0.25, 0.3) is 0 Å². The van der Waals surface area contributed by atoms with Gasteiger partial charge in [0, 0.05) is 13.1 Å². The van der Waals surface area contributed by atoms with Crippen molar-refractivity contribution in [2.45, 2.75) is 51.5 Å². The number of piperidine rings is 1. The summed E-state index contributed by atoms with van der Waals surface area (Å²) in [6.45, 7) is 8.65. The fourth-order valence-electron chi connectivity index (χ4n) is 3.87. The van der Waals surface area contributed by atoms with Crippen LogP contribution in [0.3, 0.4) is 0 Å². The van der Waals surface area contributed by atoms with Gasteiger partial charge in [-0.2, -0.15) is 4.31 Å². The Bertz CT molecular complexity index is 984. The second-order valence-electron chi connectivity index (χ2n) is 8.11. The molecule has 156 valence electrons. The van der Waals surface area contributed by atoms with Gasteiger partial charge in [0.2, 0.25) is 15.9 Å². The maximum atomic E-state index is 13.0. The van der Waals surface area contributed by atoms with Crippen LogP contribution in [0.1, 0.15) is 48.1 Å². The number of sulfonamides is 1. The Morgan fingerprint density at radius 2 is 1.72 bits per heavy atom. The number of nitrogens with zero attached hydrogens (tertiary/aromatic N) is 1. The number of benzene rings is 2. The summed E-state index contributed by atoms with van der Waals surface area (Å²) in [5.41, 5.74) is 4.40. The maximum absolute atomic E-state index is 13.0. The van der Waals surface area contributed by atoms with E-state index < -0.39 is 10.0 Å². The molecule has 2 aromatic carbocycles. The molecule has 1 heterocycles. The number of nitrogens with one attached hydrogen (secondary N) is 1. The highest BCUT2D eigenvalue weighted by Crippen LogP contribution is 2.25. The van der Waals surface area contributed by atoms with E-state index in [4.69, 9.17) is 0 Å². The molecule has 3 rings (SSSR count). The van der Waals surface area contributed by atoms with Crippen molar-refractivity contribution >= 4 is 15.9 Å². The first-order valence-corrected chi connectivity index (χ1v) is 11.6. The predicted octanol–water partition coefficient (Wildman–Crippen LogP) is 3.89. The van der Waals surface area contributed by atoms with E-state index in [1.807, 2.05) is 27.7 Å². The minimum Gasteiger partial charge on any atom is -0.349 e. The lowest BCUT2D eigenvalue weighted by Gasteiger charge is -2.32. The van der Waals surface area contributed by atoms with Crippen LogP contribution in [-0.2, 0) is 14.8 Å². The van der Waals surface area contributed by atoms with Crippen molar-refractivity contribution in [2.24, 2.45) is 5.92 Å². The van der Waals surface area contributed by atoms with Crippen LogP contribution in [0.5, 0.6) is 0 Å². The number of carbonyl (C=O) groups is 1. The van der Waals surface area contributed by atoms with Crippen molar-refractivity contribution in [2.75, 3.05) is 13.1 Å². The summed E-state index contributed by atoms with van der Waals surface area (Å²) in [6, 6.07) is 13.0. The van der Waals surface area contributed by atoms with Crippen molar-refractivity contribution in [3.8, 4) is 0 Å². The van der Waals surface area contributed by atoms with Crippen molar-refractivity contribution in [1.82, 2.24) is 9.62 Å². The largest absolute Gasteiger partial charge is 0.349 e. The summed E-state index contributed by atoms with van der Waals surface area (Å²) in [4.78, 5) is 13.2. The topological polar surface area (TPSA) is 66.5 Å². The average molecular weight is 415 g/mol. The Morgan fingerprint density at radius 1 is 1.07 bits per heavy atom. The molecule has 1 aliphatic heterocycles. The highest BCUT2D eigenvalue weighted by Gasteiger charge is 2.33. The van der Waals surface area contributed by atoms with E-state index >= 15 is 0 Å². The quantitative estimate of drug-likeness (QED) is 0.807. The number of hydrogen-bond donors (Lipinski definition) is 1. The Morgan fingerprint density at radius 3 is 2.41 bits per heavy atom. The number of hydrogen-bond acceptors (Lipinski definition) is 3. The lowest BCUT2D eigenvalue weighted by Crippen LogP contribution is -2.45. The number of amides is 1. The van der Waals surface area contributed by atoms with Crippen LogP contribution in [0.2, 0.25) is 0 Å². The second-order valence-corrected chi connectivity index (χ2v) is 10.0. The third kappa shape index (κ3) is 4.87. The first-order chi connectivity index (χ1) is 13.7. The van der Waals surface area contributed by atoms with Crippen LogP contribution in [0.25, 0.3) is 0 Å². The molecule has 1 N–H and O–H groups in total. The van der Waals surface area contributed by atoms with Gasteiger partial charge in [0.15, 0.2) is 0 Å². The third-order valence-corrected chi connectivity index (χ3v) is 7.55. The third-order valence-electron chi connectivity index (χ3n) is 5.67. The normalized spacial score (nSPS) is 19.0. The van der Waals surface area contributed by atoms with Gasteiger partial charge in [-0.15, -0.1) is 0 Å². The van der Waals surface area contributed by atoms with Crippen LogP contribution in [-0.4, -0.2) is 31.7 Å². The Kier molecular flexibility index (Phi) is 6.44. The fourth-order valence-corrected chi connectivity index (χ4v) is 5.39. The van der Waals surface area contributed by atoms with Crippen molar-refractivity contribution in [3.05, 3.63) is 64.7 Å². The van der Waals surface area contributed by atoms with E-state index in [1.165, 1.54) is 4.31 Å². The summed E-state index contributed by atoms with van der Waals surface area (Å²) >= 11 is 0. The van der Waals surface area contributed by atoms with E-state index in [-0.39, 0.29) is 29.3 Å². The predicted molar refractivity (Wildman–Crippen MR) is 115 cm³/mol. The van der Waals surface area contributed by atoms with Gasteiger partial charge in [0.05, 0.1) is 16.9 Å². The summed E-state index contributed by atoms with van der Waals surface area (Å²) in [6.07, 6.45) is 1.38. The minimum atomic E-state index is -3.58. The van der Waals surface area contributed by atoms with Gasteiger partial charge < -0.3 is 5.32 Å². The SMILES string of the molecule is Cc1ccc(S(=O)(=O)N2CCC[C@H](C(=O)N[C@@H](C)c3cc(C)ccc3C)C2)cc1. The van der Waals surface area contributed by atoms with Crippen LogP contribution in [0, 0.1) is 26.7 Å². The van der Waals surface area contributed by atoms with Gasteiger partial charge in [-0.3, -0.25) is 4.79 Å².